The lowest BCUT2D eigenvalue weighted by molar-refractivity contribution is -0.154. The number of carbonyl (C=O) groups excluding carboxylic acids is 5. The summed E-state index contributed by atoms with van der Waals surface area (Å²) in [4.78, 5) is 66.4. The quantitative estimate of drug-likeness (QED) is 0.105. The third-order valence-corrected chi connectivity index (χ3v) is 8.00. The van der Waals surface area contributed by atoms with Crippen LogP contribution < -0.4 is 4.74 Å². The highest BCUT2D eigenvalue weighted by molar-refractivity contribution is 9.10. The van der Waals surface area contributed by atoms with Crippen LogP contribution in [0.1, 0.15) is 50.8 Å². The number of benzene rings is 3. The smallest absolute Gasteiger partial charge is 0.343 e. The summed E-state index contributed by atoms with van der Waals surface area (Å²) >= 11 is 9.59. The molecule has 8 nitrogen and oxygen atoms in total. The normalized spacial score (nSPS) is 18.0. The number of allylic oxidation sites excluding steroid dienone is 2. The minimum atomic E-state index is -0.742. The summed E-state index contributed by atoms with van der Waals surface area (Å²) in [5.74, 6) is -3.84. The van der Waals surface area contributed by atoms with E-state index in [4.69, 9.17) is 16.3 Å². The fourth-order valence-electron chi connectivity index (χ4n) is 4.95. The van der Waals surface area contributed by atoms with E-state index < -0.39 is 47.9 Å². The summed E-state index contributed by atoms with van der Waals surface area (Å²) in [6.07, 6.45) is 2.72. The zero-order valence-electron chi connectivity index (χ0n) is 21.9. The number of esters is 1. The third-order valence-electron chi connectivity index (χ3n) is 7.14. The predicted molar refractivity (Wildman–Crippen MR) is 154 cm³/mol. The van der Waals surface area contributed by atoms with Crippen LogP contribution in [0.2, 0.25) is 5.02 Å². The fraction of sp³-hybridized carbons (Fsp3) is 0.194. The first-order valence-corrected chi connectivity index (χ1v) is 14.0. The summed E-state index contributed by atoms with van der Waals surface area (Å²) in [6, 6.07) is 18.7. The highest BCUT2D eigenvalue weighted by Crippen LogP contribution is 2.39. The van der Waals surface area contributed by atoms with Crippen LogP contribution >= 0.6 is 27.5 Å². The molecular formula is C31H24BrClN2O6. The van der Waals surface area contributed by atoms with E-state index in [0.717, 1.165) is 20.1 Å². The first-order chi connectivity index (χ1) is 19.6. The van der Waals surface area contributed by atoms with Crippen LogP contribution in [-0.4, -0.2) is 46.0 Å². The second-order valence-electron chi connectivity index (χ2n) is 9.88. The van der Waals surface area contributed by atoms with E-state index in [1.54, 1.807) is 36.4 Å². The van der Waals surface area contributed by atoms with Crippen molar-refractivity contribution in [2.75, 3.05) is 6.54 Å². The molecule has 0 bridgehead atoms. The SMILES string of the molecule is CC1=CC[C@H]2C(=O)N(N(CC(=O)c3ccc(OC(=O)c4ccc(Br)cc4)cc3)C(=O)c3ccccc3Cl)C(=O)[C@H]2C1. The number of carbonyl (C=O) groups is 5. The summed E-state index contributed by atoms with van der Waals surface area (Å²) < 4.78 is 6.21. The molecule has 0 aromatic heterocycles. The Bertz CT molecular complexity index is 1580. The van der Waals surface area contributed by atoms with Crippen molar-refractivity contribution in [3.8, 4) is 5.75 Å². The van der Waals surface area contributed by atoms with Gasteiger partial charge in [0.05, 0.1) is 28.0 Å². The van der Waals surface area contributed by atoms with Crippen LogP contribution in [0.25, 0.3) is 0 Å². The molecule has 208 valence electrons. The Morgan fingerprint density at radius 2 is 1.56 bits per heavy atom. The van der Waals surface area contributed by atoms with Gasteiger partial charge in [0, 0.05) is 10.0 Å². The molecule has 3 aromatic rings. The Labute approximate surface area is 249 Å². The number of fused-ring (bicyclic) bond motifs is 1. The van der Waals surface area contributed by atoms with Crippen molar-refractivity contribution in [1.29, 1.82) is 0 Å². The first kappa shape index (κ1) is 28.4. The number of halogens is 2. The van der Waals surface area contributed by atoms with E-state index in [2.05, 4.69) is 15.9 Å². The molecule has 3 aromatic carbocycles. The number of rotatable bonds is 7. The molecule has 5 rings (SSSR count). The van der Waals surface area contributed by atoms with Gasteiger partial charge in [-0.2, -0.15) is 5.01 Å². The maximum absolute atomic E-state index is 13.7. The lowest BCUT2D eigenvalue weighted by Gasteiger charge is -2.30. The lowest BCUT2D eigenvalue weighted by Crippen LogP contribution is -2.52. The topological polar surface area (TPSA) is 101 Å². The van der Waals surface area contributed by atoms with E-state index in [1.165, 1.54) is 36.4 Å². The maximum atomic E-state index is 13.7. The van der Waals surface area contributed by atoms with Crippen LogP contribution in [0.3, 0.4) is 0 Å². The van der Waals surface area contributed by atoms with Gasteiger partial charge in [-0.1, -0.05) is 51.3 Å². The predicted octanol–water partition coefficient (Wildman–Crippen LogP) is 5.90. The van der Waals surface area contributed by atoms with E-state index in [1.807, 2.05) is 13.0 Å². The monoisotopic (exact) mass is 634 g/mol. The largest absolute Gasteiger partial charge is 0.423 e. The van der Waals surface area contributed by atoms with Crippen molar-refractivity contribution >= 4 is 57.0 Å². The van der Waals surface area contributed by atoms with Crippen molar-refractivity contribution in [3.63, 3.8) is 0 Å². The molecule has 0 spiro atoms. The van der Waals surface area contributed by atoms with Crippen LogP contribution in [0, 0.1) is 11.8 Å². The van der Waals surface area contributed by atoms with Gasteiger partial charge < -0.3 is 4.74 Å². The number of nitrogens with zero attached hydrogens (tertiary/aromatic N) is 2. The van der Waals surface area contributed by atoms with Crippen molar-refractivity contribution in [2.24, 2.45) is 11.8 Å². The molecule has 1 heterocycles. The van der Waals surface area contributed by atoms with Gasteiger partial charge in [0.15, 0.2) is 5.78 Å². The lowest BCUT2D eigenvalue weighted by atomic mass is 9.82. The molecule has 41 heavy (non-hydrogen) atoms. The van der Waals surface area contributed by atoms with Crippen LogP contribution in [0.4, 0.5) is 0 Å². The van der Waals surface area contributed by atoms with E-state index in [0.29, 0.717) is 18.4 Å². The Kier molecular flexibility index (Phi) is 8.19. The Balaban J connectivity index is 1.38. The summed E-state index contributed by atoms with van der Waals surface area (Å²) in [5, 5.41) is 1.84. The van der Waals surface area contributed by atoms with Gasteiger partial charge in [-0.25, -0.2) is 9.80 Å². The molecule has 1 aliphatic heterocycles. The number of hydrogen-bond acceptors (Lipinski definition) is 6. The maximum Gasteiger partial charge on any atom is 0.343 e. The van der Waals surface area contributed by atoms with Gasteiger partial charge in [0.25, 0.3) is 17.7 Å². The van der Waals surface area contributed by atoms with Crippen molar-refractivity contribution in [2.45, 2.75) is 19.8 Å². The summed E-state index contributed by atoms with van der Waals surface area (Å²) in [6.45, 7) is 1.32. The number of hydrazine groups is 1. The molecule has 2 atom stereocenters. The Morgan fingerprint density at radius 3 is 2.24 bits per heavy atom. The first-order valence-electron chi connectivity index (χ1n) is 12.8. The molecule has 0 radical (unpaired) electrons. The zero-order chi connectivity index (χ0) is 29.3. The molecule has 1 aliphatic carbocycles. The van der Waals surface area contributed by atoms with Gasteiger partial charge in [0.2, 0.25) is 0 Å². The number of Topliss-reactive ketones (excluding diaryl/α,β-unsaturated/α-hetero) is 1. The van der Waals surface area contributed by atoms with Crippen LogP contribution in [0.15, 0.2) is 88.9 Å². The van der Waals surface area contributed by atoms with Gasteiger partial charge in [-0.3, -0.25) is 19.2 Å². The number of amides is 3. The standard InChI is InChI=1S/C31H24BrClN2O6/c1-18-6-15-23-25(16-18)30(39)35(29(23)38)34(28(37)24-4-2-3-5-26(24)33)17-27(36)19-9-13-22(14-10-19)41-31(40)20-7-11-21(32)12-8-20/h2-14,23,25H,15-17H2,1H3/t23-,25+/m1/s1. The summed E-state index contributed by atoms with van der Waals surface area (Å²) in [7, 11) is 0. The zero-order valence-corrected chi connectivity index (χ0v) is 24.2. The molecular weight excluding hydrogens is 612 g/mol. The number of hydrogen-bond donors (Lipinski definition) is 0. The molecule has 3 amide bonds. The molecule has 1 saturated heterocycles. The average Bonchev–Trinajstić information content (AvgIpc) is 3.20. The van der Waals surface area contributed by atoms with E-state index >= 15 is 0 Å². The van der Waals surface area contributed by atoms with Crippen molar-refractivity contribution in [3.05, 3.63) is 111 Å². The van der Waals surface area contributed by atoms with Crippen LogP contribution in [0.5, 0.6) is 5.75 Å². The van der Waals surface area contributed by atoms with Crippen molar-refractivity contribution < 1.29 is 28.7 Å². The van der Waals surface area contributed by atoms with Gasteiger partial charge in [0.1, 0.15) is 12.3 Å². The molecule has 0 saturated carbocycles. The van der Waals surface area contributed by atoms with Crippen molar-refractivity contribution in [1.82, 2.24) is 10.0 Å². The van der Waals surface area contributed by atoms with E-state index in [-0.39, 0.29) is 21.9 Å². The molecule has 0 unspecified atom stereocenters. The Morgan fingerprint density at radius 1 is 0.927 bits per heavy atom. The second kappa shape index (κ2) is 11.8. The average molecular weight is 636 g/mol. The van der Waals surface area contributed by atoms with Gasteiger partial charge in [-0.05, 0) is 80.4 Å². The van der Waals surface area contributed by atoms with E-state index in [9.17, 15) is 24.0 Å². The van der Waals surface area contributed by atoms with Crippen LogP contribution in [-0.2, 0) is 9.59 Å². The molecule has 2 aliphatic rings. The number of ether oxygens (including phenoxy) is 1. The summed E-state index contributed by atoms with van der Waals surface area (Å²) in [5.41, 5.74) is 1.60. The molecule has 1 fully saturated rings. The minimum absolute atomic E-state index is 0.0574. The second-order valence-corrected chi connectivity index (χ2v) is 11.2. The van der Waals surface area contributed by atoms with Gasteiger partial charge in [-0.15, -0.1) is 0 Å². The fourth-order valence-corrected chi connectivity index (χ4v) is 5.43. The molecule has 10 heteroatoms. The number of ketones is 1. The van der Waals surface area contributed by atoms with Gasteiger partial charge >= 0.3 is 5.97 Å². The highest BCUT2D eigenvalue weighted by atomic mass is 79.9. The Hall–Kier alpha value is -4.08. The third kappa shape index (κ3) is 5.87. The highest BCUT2D eigenvalue weighted by Gasteiger charge is 2.51. The molecule has 0 N–H and O–H groups in total. The number of imide groups is 1. The minimum Gasteiger partial charge on any atom is -0.423 e.